The topological polar surface area (TPSA) is 55.2 Å². The molecule has 0 fully saturated rings. The maximum atomic E-state index is 13.2. The van der Waals surface area contributed by atoms with Crippen LogP contribution in [0.2, 0.25) is 0 Å². The summed E-state index contributed by atoms with van der Waals surface area (Å²) in [4.78, 5) is 27.2. The lowest BCUT2D eigenvalue weighted by Crippen LogP contribution is -2.40. The second-order valence-electron chi connectivity index (χ2n) is 6.55. The van der Waals surface area contributed by atoms with Crippen LogP contribution in [0.1, 0.15) is 25.5 Å². The van der Waals surface area contributed by atoms with E-state index in [0.29, 0.717) is 17.8 Å². The Bertz CT molecular complexity index is 1040. The predicted molar refractivity (Wildman–Crippen MR) is 108 cm³/mol. The van der Waals surface area contributed by atoms with Gasteiger partial charge < -0.3 is 4.90 Å². The molecule has 0 bridgehead atoms. The van der Waals surface area contributed by atoms with E-state index in [1.165, 1.54) is 22.9 Å². The highest BCUT2D eigenvalue weighted by molar-refractivity contribution is 5.96. The van der Waals surface area contributed by atoms with Crippen LogP contribution < -0.4 is 10.5 Å². The van der Waals surface area contributed by atoms with E-state index in [1.54, 1.807) is 30.0 Å². The zero-order chi connectivity index (χ0) is 20.3. The molecule has 0 saturated carbocycles. The van der Waals surface area contributed by atoms with Crippen LogP contribution in [0, 0.1) is 12.7 Å². The Kier molecular flexibility index (Phi) is 5.68. The van der Waals surface area contributed by atoms with Crippen LogP contribution in [0.3, 0.4) is 0 Å². The number of aryl methyl sites for hydroxylation is 1. The van der Waals surface area contributed by atoms with E-state index in [-0.39, 0.29) is 17.3 Å². The quantitative estimate of drug-likeness (QED) is 0.674. The molecule has 1 atom stereocenters. The molecule has 5 nitrogen and oxygen atoms in total. The molecule has 1 aromatic heterocycles. The first kappa shape index (κ1) is 19.5. The minimum Gasteiger partial charge on any atom is -0.311 e. The van der Waals surface area contributed by atoms with E-state index in [0.717, 1.165) is 11.3 Å². The number of nitrogens with zero attached hydrogens (tertiary/aromatic N) is 3. The highest BCUT2D eigenvalue weighted by Gasteiger charge is 2.25. The van der Waals surface area contributed by atoms with Crippen molar-refractivity contribution in [2.45, 2.75) is 26.8 Å². The van der Waals surface area contributed by atoms with Gasteiger partial charge in [-0.15, -0.1) is 0 Å². The van der Waals surface area contributed by atoms with Crippen molar-refractivity contribution in [3.05, 3.63) is 82.4 Å². The molecule has 0 N–H and O–H groups in total. The van der Waals surface area contributed by atoms with Crippen molar-refractivity contribution in [1.82, 2.24) is 9.78 Å². The molecule has 28 heavy (non-hydrogen) atoms. The highest BCUT2D eigenvalue weighted by Crippen LogP contribution is 2.22. The number of aromatic nitrogens is 2. The fourth-order valence-electron chi connectivity index (χ4n) is 3.12. The van der Waals surface area contributed by atoms with Crippen LogP contribution in [0.4, 0.5) is 10.1 Å². The smallest absolute Gasteiger partial charge is 0.267 e. The summed E-state index contributed by atoms with van der Waals surface area (Å²) in [6.07, 6.45) is 0. The third-order valence-corrected chi connectivity index (χ3v) is 4.68. The first-order valence-corrected chi connectivity index (χ1v) is 9.15. The number of hydrogen-bond donors (Lipinski definition) is 0. The van der Waals surface area contributed by atoms with Crippen molar-refractivity contribution in [3.8, 4) is 11.3 Å². The predicted octanol–water partition coefficient (Wildman–Crippen LogP) is 3.97. The molecule has 1 amide bonds. The number of benzene rings is 2. The van der Waals surface area contributed by atoms with E-state index in [9.17, 15) is 14.0 Å². The Morgan fingerprint density at radius 1 is 1.11 bits per heavy atom. The van der Waals surface area contributed by atoms with Crippen LogP contribution in [-0.4, -0.2) is 22.2 Å². The minimum atomic E-state index is -0.785. The van der Waals surface area contributed by atoms with Crippen LogP contribution in [0.5, 0.6) is 0 Å². The number of amides is 1. The Balaban J connectivity index is 1.97. The molecule has 0 aliphatic rings. The summed E-state index contributed by atoms with van der Waals surface area (Å²) in [6.45, 7) is 5.96. The molecular weight excluding hydrogens is 357 g/mol. The van der Waals surface area contributed by atoms with E-state index in [1.807, 2.05) is 38.1 Å². The lowest BCUT2D eigenvalue weighted by Gasteiger charge is -2.26. The summed E-state index contributed by atoms with van der Waals surface area (Å²) < 4.78 is 14.4. The van der Waals surface area contributed by atoms with Gasteiger partial charge >= 0.3 is 0 Å². The molecular formula is C22H22FN3O2. The average Bonchev–Trinajstić information content (AvgIpc) is 2.70. The second kappa shape index (κ2) is 8.17. The van der Waals surface area contributed by atoms with Gasteiger partial charge in [0.1, 0.15) is 11.9 Å². The number of halogens is 1. The van der Waals surface area contributed by atoms with Crippen LogP contribution in [-0.2, 0) is 4.79 Å². The standard InChI is InChI=1S/C22H22FN3O2/c1-4-25(20-8-6-5-7-15(20)2)22(28)16(3)26-21(27)14-13-19(24-26)17-9-11-18(23)12-10-17/h5-14,16H,4H2,1-3H3. The molecule has 1 unspecified atom stereocenters. The molecule has 0 radical (unpaired) electrons. The molecule has 0 aliphatic carbocycles. The van der Waals surface area contributed by atoms with Gasteiger partial charge in [-0.05, 0) is 62.7 Å². The molecule has 0 saturated heterocycles. The molecule has 0 aliphatic heterocycles. The molecule has 1 heterocycles. The maximum absolute atomic E-state index is 13.2. The van der Waals surface area contributed by atoms with Crippen LogP contribution in [0.15, 0.2) is 65.5 Å². The summed E-state index contributed by atoms with van der Waals surface area (Å²) in [5.41, 5.74) is 2.58. The van der Waals surface area contributed by atoms with E-state index in [4.69, 9.17) is 0 Å². The lowest BCUT2D eigenvalue weighted by atomic mass is 10.1. The largest absolute Gasteiger partial charge is 0.311 e. The zero-order valence-electron chi connectivity index (χ0n) is 16.1. The van der Waals surface area contributed by atoms with Gasteiger partial charge in [0.15, 0.2) is 0 Å². The lowest BCUT2D eigenvalue weighted by molar-refractivity contribution is -0.121. The number of carbonyl (C=O) groups is 1. The minimum absolute atomic E-state index is 0.220. The third kappa shape index (κ3) is 3.86. The van der Waals surface area contributed by atoms with Gasteiger partial charge in [0, 0.05) is 23.9 Å². The van der Waals surface area contributed by atoms with Crippen molar-refractivity contribution < 1.29 is 9.18 Å². The van der Waals surface area contributed by atoms with Crippen molar-refractivity contribution in [2.24, 2.45) is 0 Å². The van der Waals surface area contributed by atoms with E-state index < -0.39 is 6.04 Å². The Morgan fingerprint density at radius 2 is 1.79 bits per heavy atom. The van der Waals surface area contributed by atoms with E-state index in [2.05, 4.69) is 5.10 Å². The summed E-state index contributed by atoms with van der Waals surface area (Å²) in [6, 6.07) is 15.6. The van der Waals surface area contributed by atoms with Crippen molar-refractivity contribution in [1.29, 1.82) is 0 Å². The number of hydrogen-bond acceptors (Lipinski definition) is 3. The van der Waals surface area contributed by atoms with Gasteiger partial charge in [-0.25, -0.2) is 9.07 Å². The third-order valence-electron chi connectivity index (χ3n) is 4.68. The Labute approximate surface area is 163 Å². The monoisotopic (exact) mass is 379 g/mol. The SMILES string of the molecule is CCN(C(=O)C(C)n1nc(-c2ccc(F)cc2)ccc1=O)c1ccccc1C. The Hall–Kier alpha value is -3.28. The van der Waals surface area contributed by atoms with Crippen LogP contribution >= 0.6 is 0 Å². The maximum Gasteiger partial charge on any atom is 0.267 e. The molecule has 0 spiro atoms. The zero-order valence-corrected chi connectivity index (χ0v) is 16.1. The highest BCUT2D eigenvalue weighted by atomic mass is 19.1. The number of rotatable bonds is 5. The van der Waals surface area contributed by atoms with Crippen LogP contribution in [0.25, 0.3) is 11.3 Å². The Morgan fingerprint density at radius 3 is 2.43 bits per heavy atom. The van der Waals surface area contributed by atoms with Gasteiger partial charge in [-0.3, -0.25) is 9.59 Å². The fourth-order valence-corrected chi connectivity index (χ4v) is 3.12. The fraction of sp³-hybridized carbons (Fsp3) is 0.227. The number of likely N-dealkylation sites (N-methyl/N-ethyl adjacent to an activating group) is 1. The number of para-hydroxylation sites is 1. The molecule has 144 valence electrons. The molecule has 3 aromatic rings. The van der Waals surface area contributed by atoms with Gasteiger partial charge in [-0.2, -0.15) is 5.10 Å². The first-order chi connectivity index (χ1) is 13.4. The van der Waals surface area contributed by atoms with Crippen molar-refractivity contribution in [3.63, 3.8) is 0 Å². The number of carbonyl (C=O) groups excluding carboxylic acids is 1. The first-order valence-electron chi connectivity index (χ1n) is 9.15. The summed E-state index contributed by atoms with van der Waals surface area (Å²) in [5, 5.41) is 4.36. The molecule has 6 heteroatoms. The van der Waals surface area contributed by atoms with Gasteiger partial charge in [-0.1, -0.05) is 18.2 Å². The molecule has 3 rings (SSSR count). The normalized spacial score (nSPS) is 11.9. The molecule has 2 aromatic carbocycles. The van der Waals surface area contributed by atoms with Gasteiger partial charge in [0.25, 0.3) is 11.5 Å². The van der Waals surface area contributed by atoms with Crippen molar-refractivity contribution >= 4 is 11.6 Å². The van der Waals surface area contributed by atoms with E-state index >= 15 is 0 Å². The second-order valence-corrected chi connectivity index (χ2v) is 6.55. The summed E-state index contributed by atoms with van der Waals surface area (Å²) in [7, 11) is 0. The van der Waals surface area contributed by atoms with Crippen molar-refractivity contribution in [2.75, 3.05) is 11.4 Å². The van der Waals surface area contributed by atoms with Gasteiger partial charge in [0.05, 0.1) is 5.69 Å². The summed E-state index contributed by atoms with van der Waals surface area (Å²) >= 11 is 0. The van der Waals surface area contributed by atoms with Gasteiger partial charge in [0.2, 0.25) is 0 Å². The number of anilines is 1. The average molecular weight is 379 g/mol. The summed E-state index contributed by atoms with van der Waals surface area (Å²) in [5.74, 6) is -0.569.